The molecule has 1 N–H and O–H groups in total. The van der Waals surface area contributed by atoms with Gasteiger partial charge < -0.3 is 0 Å². The number of ketones is 2. The summed E-state index contributed by atoms with van der Waals surface area (Å²) < 4.78 is 27.8. The highest BCUT2D eigenvalue weighted by atomic mass is 32.2. The SMILES string of the molecule is O=C1c2ccccc2C(=O)c2c1cccc2S(=O)(=O)Nc1nccs1. The van der Waals surface area contributed by atoms with Crippen LogP contribution in [0.2, 0.25) is 0 Å². The highest BCUT2D eigenvalue weighted by Gasteiger charge is 2.34. The number of sulfonamides is 1. The second-order valence-electron chi connectivity index (χ2n) is 5.33. The fraction of sp³-hybridized carbons (Fsp3) is 0. The van der Waals surface area contributed by atoms with Gasteiger partial charge in [0.1, 0.15) is 0 Å². The smallest absolute Gasteiger partial charge is 0.264 e. The van der Waals surface area contributed by atoms with Gasteiger partial charge in [0, 0.05) is 28.3 Å². The molecule has 0 radical (unpaired) electrons. The van der Waals surface area contributed by atoms with E-state index in [0.717, 1.165) is 11.3 Å². The molecule has 0 fully saturated rings. The van der Waals surface area contributed by atoms with Crippen LogP contribution in [0.1, 0.15) is 31.8 Å². The standard InChI is InChI=1S/C17H10N2O4S2/c20-15-10-4-1-2-5-11(10)16(21)14-12(15)6-3-7-13(14)25(22,23)19-17-18-8-9-24-17/h1-9H,(H,18,19). The number of benzene rings is 2. The van der Waals surface area contributed by atoms with E-state index in [-0.39, 0.29) is 38.1 Å². The van der Waals surface area contributed by atoms with Crippen molar-refractivity contribution in [1.29, 1.82) is 0 Å². The number of nitrogens with one attached hydrogen (secondary N) is 1. The summed E-state index contributed by atoms with van der Waals surface area (Å²) in [7, 11) is -4.06. The van der Waals surface area contributed by atoms with Crippen molar-refractivity contribution in [2.75, 3.05) is 4.72 Å². The van der Waals surface area contributed by atoms with E-state index in [9.17, 15) is 18.0 Å². The third-order valence-corrected chi connectivity index (χ3v) is 6.06. The van der Waals surface area contributed by atoms with Crippen LogP contribution in [0.4, 0.5) is 5.13 Å². The molecule has 0 unspecified atom stereocenters. The Morgan fingerprint density at radius 2 is 1.56 bits per heavy atom. The van der Waals surface area contributed by atoms with Gasteiger partial charge in [0.05, 0.1) is 10.5 Å². The Balaban J connectivity index is 1.91. The second kappa shape index (κ2) is 5.61. The van der Waals surface area contributed by atoms with E-state index in [0.29, 0.717) is 0 Å². The van der Waals surface area contributed by atoms with Gasteiger partial charge in [-0.1, -0.05) is 36.4 Å². The normalized spacial score (nSPS) is 13.3. The minimum atomic E-state index is -4.06. The van der Waals surface area contributed by atoms with E-state index in [2.05, 4.69) is 9.71 Å². The summed E-state index contributed by atoms with van der Waals surface area (Å²) in [6.07, 6.45) is 1.47. The number of aromatic nitrogens is 1. The van der Waals surface area contributed by atoms with Crippen molar-refractivity contribution >= 4 is 38.1 Å². The Morgan fingerprint density at radius 3 is 2.24 bits per heavy atom. The summed E-state index contributed by atoms with van der Waals surface area (Å²) in [4.78, 5) is 29.2. The van der Waals surface area contributed by atoms with Crippen LogP contribution >= 0.6 is 11.3 Å². The molecule has 1 aliphatic carbocycles. The molecule has 0 saturated carbocycles. The van der Waals surface area contributed by atoms with E-state index >= 15 is 0 Å². The van der Waals surface area contributed by atoms with Crippen molar-refractivity contribution in [3.63, 3.8) is 0 Å². The van der Waals surface area contributed by atoms with Crippen molar-refractivity contribution in [3.05, 3.63) is 76.3 Å². The van der Waals surface area contributed by atoms with Crippen LogP contribution in [0.3, 0.4) is 0 Å². The molecule has 0 aliphatic heterocycles. The number of anilines is 1. The molecule has 8 heteroatoms. The predicted octanol–water partition coefficient (Wildman–Crippen LogP) is 2.72. The lowest BCUT2D eigenvalue weighted by Gasteiger charge is -2.19. The molecule has 1 aliphatic rings. The zero-order valence-corrected chi connectivity index (χ0v) is 14.2. The lowest BCUT2D eigenvalue weighted by molar-refractivity contribution is 0.0976. The van der Waals surface area contributed by atoms with Crippen molar-refractivity contribution in [3.8, 4) is 0 Å². The molecular formula is C17H10N2O4S2. The monoisotopic (exact) mass is 370 g/mol. The van der Waals surface area contributed by atoms with Gasteiger partial charge in [0.2, 0.25) is 0 Å². The first kappa shape index (κ1) is 15.7. The first-order valence-electron chi connectivity index (χ1n) is 7.23. The van der Waals surface area contributed by atoms with Crippen molar-refractivity contribution in [1.82, 2.24) is 4.98 Å². The first-order valence-corrected chi connectivity index (χ1v) is 9.59. The van der Waals surface area contributed by atoms with Crippen LogP contribution in [0, 0.1) is 0 Å². The third-order valence-electron chi connectivity index (χ3n) is 3.86. The molecule has 25 heavy (non-hydrogen) atoms. The highest BCUT2D eigenvalue weighted by Crippen LogP contribution is 2.32. The van der Waals surface area contributed by atoms with Crippen LogP contribution in [0.5, 0.6) is 0 Å². The second-order valence-corrected chi connectivity index (χ2v) is 7.87. The van der Waals surface area contributed by atoms with Crippen LogP contribution in [-0.2, 0) is 10.0 Å². The third kappa shape index (κ3) is 2.46. The zero-order chi connectivity index (χ0) is 17.6. The summed E-state index contributed by atoms with van der Waals surface area (Å²) in [6, 6.07) is 10.6. The molecule has 1 heterocycles. The van der Waals surface area contributed by atoms with E-state index < -0.39 is 15.8 Å². The quantitative estimate of drug-likeness (QED) is 0.598. The Hall–Kier alpha value is -2.84. The number of carbonyl (C=O) groups excluding carboxylic acids is 2. The first-order chi connectivity index (χ1) is 12.0. The number of thiazole rings is 1. The summed E-state index contributed by atoms with van der Waals surface area (Å²) in [5.74, 6) is -0.846. The Kier molecular flexibility index (Phi) is 3.52. The highest BCUT2D eigenvalue weighted by molar-refractivity contribution is 7.93. The summed E-state index contributed by atoms with van der Waals surface area (Å²) in [6.45, 7) is 0. The average Bonchev–Trinajstić information content (AvgIpc) is 3.11. The Labute approximate surface area is 147 Å². The van der Waals surface area contributed by atoms with Crippen LogP contribution in [0.15, 0.2) is 58.9 Å². The minimum absolute atomic E-state index is 0.0886. The molecule has 4 rings (SSSR count). The fourth-order valence-corrected chi connectivity index (χ4v) is 4.80. The van der Waals surface area contributed by atoms with Gasteiger partial charge in [-0.25, -0.2) is 13.4 Å². The van der Waals surface area contributed by atoms with Crippen LogP contribution in [0.25, 0.3) is 0 Å². The molecular weight excluding hydrogens is 360 g/mol. The number of hydrogen-bond donors (Lipinski definition) is 1. The maximum atomic E-state index is 12.9. The van der Waals surface area contributed by atoms with E-state index in [4.69, 9.17) is 0 Å². The molecule has 124 valence electrons. The molecule has 0 saturated heterocycles. The van der Waals surface area contributed by atoms with Crippen molar-refractivity contribution < 1.29 is 18.0 Å². The van der Waals surface area contributed by atoms with Gasteiger partial charge in [-0.15, -0.1) is 11.3 Å². The molecule has 0 atom stereocenters. The van der Waals surface area contributed by atoms with Crippen LogP contribution < -0.4 is 4.72 Å². The molecule has 2 aromatic carbocycles. The predicted molar refractivity (Wildman–Crippen MR) is 92.7 cm³/mol. The molecule has 3 aromatic rings. The Morgan fingerprint density at radius 1 is 0.880 bits per heavy atom. The largest absolute Gasteiger partial charge is 0.289 e. The fourth-order valence-electron chi connectivity index (χ4n) is 2.78. The van der Waals surface area contributed by atoms with Gasteiger partial charge >= 0.3 is 0 Å². The number of hydrogen-bond acceptors (Lipinski definition) is 6. The average molecular weight is 370 g/mol. The number of rotatable bonds is 3. The maximum absolute atomic E-state index is 12.9. The lowest BCUT2D eigenvalue weighted by Crippen LogP contribution is -2.25. The van der Waals surface area contributed by atoms with Gasteiger partial charge in [0.25, 0.3) is 10.0 Å². The summed E-state index contributed by atoms with van der Waals surface area (Å²) >= 11 is 1.12. The van der Waals surface area contributed by atoms with Gasteiger partial charge in [-0.3, -0.25) is 14.3 Å². The molecule has 0 spiro atoms. The molecule has 0 amide bonds. The Bertz CT molecular complexity index is 1120. The van der Waals surface area contributed by atoms with E-state index in [1.807, 2.05) is 0 Å². The van der Waals surface area contributed by atoms with E-state index in [1.165, 1.54) is 30.5 Å². The summed E-state index contributed by atoms with van der Waals surface area (Å²) in [5.41, 5.74) is 0.472. The van der Waals surface area contributed by atoms with E-state index in [1.54, 1.807) is 23.6 Å². The van der Waals surface area contributed by atoms with Gasteiger partial charge in [-0.2, -0.15) is 0 Å². The van der Waals surface area contributed by atoms with Crippen molar-refractivity contribution in [2.24, 2.45) is 0 Å². The number of carbonyl (C=O) groups is 2. The molecule has 6 nitrogen and oxygen atoms in total. The lowest BCUT2D eigenvalue weighted by atomic mass is 9.84. The van der Waals surface area contributed by atoms with Gasteiger partial charge in [0.15, 0.2) is 16.7 Å². The molecule has 1 aromatic heterocycles. The maximum Gasteiger partial charge on any atom is 0.264 e. The topological polar surface area (TPSA) is 93.2 Å². The number of nitrogens with zero attached hydrogens (tertiary/aromatic N) is 1. The minimum Gasteiger partial charge on any atom is -0.289 e. The molecule has 0 bridgehead atoms. The zero-order valence-electron chi connectivity index (χ0n) is 12.6. The van der Waals surface area contributed by atoms with Crippen LogP contribution in [-0.4, -0.2) is 25.0 Å². The van der Waals surface area contributed by atoms with Crippen molar-refractivity contribution in [2.45, 2.75) is 4.90 Å². The van der Waals surface area contributed by atoms with Gasteiger partial charge in [-0.05, 0) is 6.07 Å². The number of fused-ring (bicyclic) bond motifs is 2. The summed E-state index contributed by atoms with van der Waals surface area (Å²) in [5, 5.41) is 1.82.